The van der Waals surface area contributed by atoms with Crippen molar-refractivity contribution in [2.45, 2.75) is 31.7 Å². The van der Waals surface area contributed by atoms with Gasteiger partial charge in [-0.1, -0.05) is 18.2 Å². The van der Waals surface area contributed by atoms with Crippen LogP contribution < -0.4 is 10.1 Å². The van der Waals surface area contributed by atoms with Crippen LogP contribution in [-0.4, -0.2) is 23.8 Å². The number of para-hydroxylation sites is 1. The van der Waals surface area contributed by atoms with E-state index >= 15 is 0 Å². The predicted octanol–water partition coefficient (Wildman–Crippen LogP) is 2.33. The van der Waals surface area contributed by atoms with Crippen molar-refractivity contribution in [2.24, 2.45) is 5.92 Å². The molecule has 1 amide bonds. The van der Waals surface area contributed by atoms with Crippen molar-refractivity contribution in [2.75, 3.05) is 6.61 Å². The van der Waals surface area contributed by atoms with Crippen molar-refractivity contribution in [3.05, 3.63) is 30.3 Å². The Balaban J connectivity index is 1.75. The number of amides is 1. The molecule has 0 radical (unpaired) electrons. The molecule has 18 heavy (non-hydrogen) atoms. The van der Waals surface area contributed by atoms with Gasteiger partial charge < -0.3 is 15.2 Å². The van der Waals surface area contributed by atoms with Gasteiger partial charge in [0, 0.05) is 12.6 Å². The van der Waals surface area contributed by atoms with Crippen LogP contribution in [0.2, 0.25) is 0 Å². The zero-order valence-electron chi connectivity index (χ0n) is 10.3. The Kier molecular flexibility index (Phi) is 4.59. The fourth-order valence-corrected chi connectivity index (χ4v) is 2.28. The summed E-state index contributed by atoms with van der Waals surface area (Å²) in [5.74, 6) is 0.951. The fraction of sp³-hybridized carbons (Fsp3) is 0.500. The third-order valence-corrected chi connectivity index (χ3v) is 3.38. The van der Waals surface area contributed by atoms with Gasteiger partial charge in [-0.15, -0.1) is 0 Å². The van der Waals surface area contributed by atoms with Gasteiger partial charge in [0.05, 0.1) is 0 Å². The van der Waals surface area contributed by atoms with Gasteiger partial charge in [-0.25, -0.2) is 4.79 Å². The second kappa shape index (κ2) is 6.40. The zero-order valence-corrected chi connectivity index (χ0v) is 10.3. The minimum atomic E-state index is -0.395. The van der Waals surface area contributed by atoms with Crippen LogP contribution in [-0.2, 0) is 0 Å². The Bertz CT molecular complexity index is 372. The number of ether oxygens (including phenoxy) is 1. The molecule has 1 aliphatic carbocycles. The molecule has 1 aromatic rings. The maximum atomic E-state index is 11.6. The van der Waals surface area contributed by atoms with Gasteiger partial charge in [0.25, 0.3) is 0 Å². The minimum absolute atomic E-state index is 0.170. The third-order valence-electron chi connectivity index (χ3n) is 3.38. The summed E-state index contributed by atoms with van der Waals surface area (Å²) in [5, 5.41) is 11.9. The number of carbonyl (C=O) groups is 1. The summed E-state index contributed by atoms with van der Waals surface area (Å²) in [7, 11) is 0. The first-order valence-corrected chi connectivity index (χ1v) is 6.42. The van der Waals surface area contributed by atoms with Gasteiger partial charge in [-0.05, 0) is 43.7 Å². The van der Waals surface area contributed by atoms with Crippen molar-refractivity contribution in [1.82, 2.24) is 5.32 Å². The molecule has 0 bridgehead atoms. The molecule has 0 unspecified atom stereocenters. The van der Waals surface area contributed by atoms with Gasteiger partial charge in [-0.2, -0.15) is 0 Å². The third kappa shape index (κ3) is 3.74. The first kappa shape index (κ1) is 12.9. The normalized spacial score (nSPS) is 23.4. The molecule has 0 spiro atoms. The van der Waals surface area contributed by atoms with Gasteiger partial charge >= 0.3 is 6.09 Å². The minimum Gasteiger partial charge on any atom is -0.410 e. The fourth-order valence-electron chi connectivity index (χ4n) is 2.28. The van der Waals surface area contributed by atoms with E-state index in [9.17, 15) is 4.79 Å². The lowest BCUT2D eigenvalue weighted by Crippen LogP contribution is -2.39. The summed E-state index contributed by atoms with van der Waals surface area (Å²) >= 11 is 0. The van der Waals surface area contributed by atoms with Crippen LogP contribution in [0.3, 0.4) is 0 Å². The molecule has 1 aliphatic rings. The number of benzene rings is 1. The van der Waals surface area contributed by atoms with E-state index in [4.69, 9.17) is 9.84 Å². The summed E-state index contributed by atoms with van der Waals surface area (Å²) in [6.07, 6.45) is 3.36. The average molecular weight is 249 g/mol. The molecular formula is C14H19NO3. The summed E-state index contributed by atoms with van der Waals surface area (Å²) in [4.78, 5) is 11.6. The highest BCUT2D eigenvalue weighted by Gasteiger charge is 2.22. The highest BCUT2D eigenvalue weighted by atomic mass is 16.6. The molecule has 0 atom stereocenters. The zero-order chi connectivity index (χ0) is 12.8. The Morgan fingerprint density at radius 2 is 1.89 bits per heavy atom. The quantitative estimate of drug-likeness (QED) is 0.864. The van der Waals surface area contributed by atoms with Crippen LogP contribution in [0.5, 0.6) is 5.75 Å². The average Bonchev–Trinajstić information content (AvgIpc) is 2.40. The molecule has 0 aromatic heterocycles. The summed E-state index contributed by atoms with van der Waals surface area (Å²) in [6, 6.07) is 9.21. The highest BCUT2D eigenvalue weighted by molar-refractivity contribution is 5.70. The van der Waals surface area contributed by atoms with E-state index < -0.39 is 6.09 Å². The molecular weight excluding hydrogens is 230 g/mol. The van der Waals surface area contributed by atoms with Gasteiger partial charge in [-0.3, -0.25) is 0 Å². The van der Waals surface area contributed by atoms with E-state index in [1.54, 1.807) is 12.1 Å². The number of hydrogen-bond acceptors (Lipinski definition) is 3. The van der Waals surface area contributed by atoms with Crippen LogP contribution in [0.1, 0.15) is 25.7 Å². The molecule has 2 rings (SSSR count). The van der Waals surface area contributed by atoms with E-state index in [0.717, 1.165) is 25.7 Å². The Hall–Kier alpha value is -1.55. The van der Waals surface area contributed by atoms with Crippen molar-refractivity contribution in [3.63, 3.8) is 0 Å². The van der Waals surface area contributed by atoms with E-state index in [-0.39, 0.29) is 12.6 Å². The molecule has 4 heteroatoms. The maximum Gasteiger partial charge on any atom is 0.412 e. The monoisotopic (exact) mass is 249 g/mol. The van der Waals surface area contributed by atoms with Crippen molar-refractivity contribution < 1.29 is 14.6 Å². The van der Waals surface area contributed by atoms with E-state index in [1.165, 1.54) is 0 Å². The summed E-state index contributed by atoms with van der Waals surface area (Å²) < 4.78 is 5.17. The number of nitrogens with one attached hydrogen (secondary N) is 1. The molecule has 0 heterocycles. The van der Waals surface area contributed by atoms with Crippen LogP contribution in [0.15, 0.2) is 30.3 Å². The Morgan fingerprint density at radius 3 is 2.50 bits per heavy atom. The largest absolute Gasteiger partial charge is 0.412 e. The molecule has 1 aromatic carbocycles. The number of carbonyl (C=O) groups excluding carboxylic acids is 1. The van der Waals surface area contributed by atoms with Crippen molar-refractivity contribution in [3.8, 4) is 5.75 Å². The van der Waals surface area contributed by atoms with E-state index in [0.29, 0.717) is 11.7 Å². The Morgan fingerprint density at radius 1 is 1.22 bits per heavy atom. The van der Waals surface area contributed by atoms with Gasteiger partial charge in [0.2, 0.25) is 0 Å². The SMILES string of the molecule is O=C(NC1CCC(CO)CC1)Oc1ccccc1. The number of aliphatic hydroxyl groups excluding tert-OH is 1. The van der Waals surface area contributed by atoms with Gasteiger partial charge in [0.15, 0.2) is 0 Å². The van der Waals surface area contributed by atoms with Crippen LogP contribution in [0, 0.1) is 5.92 Å². The highest BCUT2D eigenvalue weighted by Crippen LogP contribution is 2.23. The van der Waals surface area contributed by atoms with Crippen LogP contribution in [0.25, 0.3) is 0 Å². The second-order valence-electron chi connectivity index (χ2n) is 4.75. The molecule has 98 valence electrons. The first-order valence-electron chi connectivity index (χ1n) is 6.42. The number of rotatable bonds is 3. The van der Waals surface area contributed by atoms with Crippen LogP contribution in [0.4, 0.5) is 4.79 Å². The van der Waals surface area contributed by atoms with E-state index in [1.807, 2.05) is 18.2 Å². The lowest BCUT2D eigenvalue weighted by Gasteiger charge is -2.27. The molecule has 0 aliphatic heterocycles. The van der Waals surface area contributed by atoms with Crippen molar-refractivity contribution >= 4 is 6.09 Å². The first-order chi connectivity index (χ1) is 8.78. The predicted molar refractivity (Wildman–Crippen MR) is 68.4 cm³/mol. The molecule has 4 nitrogen and oxygen atoms in total. The lowest BCUT2D eigenvalue weighted by atomic mass is 9.87. The molecule has 0 saturated heterocycles. The molecule has 1 saturated carbocycles. The Labute approximate surface area is 107 Å². The van der Waals surface area contributed by atoms with E-state index in [2.05, 4.69) is 5.32 Å². The van der Waals surface area contributed by atoms with Crippen molar-refractivity contribution in [1.29, 1.82) is 0 Å². The number of aliphatic hydroxyl groups is 1. The lowest BCUT2D eigenvalue weighted by molar-refractivity contribution is 0.165. The number of hydrogen-bond donors (Lipinski definition) is 2. The van der Waals surface area contributed by atoms with Crippen LogP contribution >= 0.6 is 0 Å². The topological polar surface area (TPSA) is 58.6 Å². The smallest absolute Gasteiger partial charge is 0.410 e. The maximum absolute atomic E-state index is 11.6. The summed E-state index contributed by atoms with van der Waals surface area (Å²) in [5.41, 5.74) is 0. The van der Waals surface area contributed by atoms with Gasteiger partial charge in [0.1, 0.15) is 5.75 Å². The second-order valence-corrected chi connectivity index (χ2v) is 4.75. The molecule has 2 N–H and O–H groups in total. The summed E-state index contributed by atoms with van der Waals surface area (Å²) in [6.45, 7) is 0.251. The molecule has 1 fully saturated rings. The standard InChI is InChI=1S/C14H19NO3/c16-10-11-6-8-12(9-7-11)15-14(17)18-13-4-2-1-3-5-13/h1-5,11-12,16H,6-10H2,(H,15,17).